The Morgan fingerprint density at radius 3 is 2.54 bits per heavy atom. The molecule has 8 heteroatoms. The molecular weight excluding hydrogens is 384 g/mol. The van der Waals surface area contributed by atoms with Crippen molar-refractivity contribution in [1.29, 1.82) is 0 Å². The number of ether oxygens (including phenoxy) is 3. The van der Waals surface area contributed by atoms with Crippen molar-refractivity contribution in [2.75, 3.05) is 19.8 Å². The van der Waals surface area contributed by atoms with Gasteiger partial charge >= 0.3 is 5.97 Å². The second-order valence-corrected chi connectivity index (χ2v) is 9.06. The summed E-state index contributed by atoms with van der Waals surface area (Å²) in [5, 5.41) is -1.04. The Morgan fingerprint density at radius 1 is 1.21 bits per heavy atom. The summed E-state index contributed by atoms with van der Waals surface area (Å²) < 4.78 is 42.8. The fourth-order valence-corrected chi connectivity index (χ4v) is 5.59. The molecule has 1 spiro atoms. The molecule has 0 aromatic heterocycles. The molecule has 152 valence electrons. The van der Waals surface area contributed by atoms with Crippen LogP contribution in [0.1, 0.15) is 42.6 Å². The van der Waals surface area contributed by atoms with Gasteiger partial charge in [0.2, 0.25) is 0 Å². The van der Waals surface area contributed by atoms with Gasteiger partial charge in [0.1, 0.15) is 0 Å². The van der Waals surface area contributed by atoms with Crippen LogP contribution in [0, 0.1) is 0 Å². The molecule has 0 saturated carbocycles. The van der Waals surface area contributed by atoms with E-state index in [4.69, 9.17) is 14.2 Å². The zero-order valence-corrected chi connectivity index (χ0v) is 16.8. The Morgan fingerprint density at radius 2 is 1.89 bits per heavy atom. The highest BCUT2D eigenvalue weighted by molar-refractivity contribution is 7.91. The molecule has 1 aromatic rings. The third-order valence-electron chi connectivity index (χ3n) is 4.95. The molecule has 1 aliphatic heterocycles. The predicted octanol–water partition coefficient (Wildman–Crippen LogP) is 2.20. The molecule has 0 radical (unpaired) electrons. The summed E-state index contributed by atoms with van der Waals surface area (Å²) in [6, 6.07) is 6.60. The summed E-state index contributed by atoms with van der Waals surface area (Å²) in [6.45, 7) is 3.96. The van der Waals surface area contributed by atoms with Crippen LogP contribution in [0.4, 0.5) is 0 Å². The second kappa shape index (κ2) is 8.14. The Balaban J connectivity index is 1.96. The van der Waals surface area contributed by atoms with Crippen LogP contribution in [0.3, 0.4) is 0 Å². The highest BCUT2D eigenvalue weighted by Gasteiger charge is 2.46. The first-order valence-electron chi connectivity index (χ1n) is 9.26. The minimum atomic E-state index is -3.78. The van der Waals surface area contributed by atoms with Crippen molar-refractivity contribution >= 4 is 21.6 Å². The van der Waals surface area contributed by atoms with E-state index in [-0.39, 0.29) is 30.1 Å². The summed E-state index contributed by atoms with van der Waals surface area (Å²) in [6.07, 6.45) is 1.96. The average molecular weight is 408 g/mol. The second-order valence-electron chi connectivity index (χ2n) is 6.88. The number of hydrogen-bond donors (Lipinski definition) is 0. The standard InChI is InChI=1S/C20H24O7S/c1-3-25-19(22)17-12-20(26-10-11-27-20)9-8-18(17)28(23,24)13-15-6-4-5-7-16(15)14(2)21/h4-7,12,18H,3,8-11,13H2,1-2H3. The van der Waals surface area contributed by atoms with Gasteiger partial charge in [-0.1, -0.05) is 24.3 Å². The number of rotatable bonds is 6. The van der Waals surface area contributed by atoms with Crippen molar-refractivity contribution in [3.05, 3.63) is 47.0 Å². The molecule has 1 aliphatic carbocycles. The minimum absolute atomic E-state index is 0.0373. The third kappa shape index (κ3) is 4.19. The Labute approximate surface area is 164 Å². The van der Waals surface area contributed by atoms with Gasteiger partial charge in [-0.05, 0) is 31.9 Å². The molecule has 0 bridgehead atoms. The topological polar surface area (TPSA) is 96.0 Å². The number of carbonyl (C=O) groups is 2. The van der Waals surface area contributed by atoms with E-state index < -0.39 is 26.8 Å². The molecule has 1 aromatic carbocycles. The lowest BCUT2D eigenvalue weighted by Gasteiger charge is -2.33. The molecule has 2 aliphatic rings. The number of carbonyl (C=O) groups excluding carboxylic acids is 2. The summed E-state index contributed by atoms with van der Waals surface area (Å²) in [5.41, 5.74) is 0.824. The van der Waals surface area contributed by atoms with E-state index in [0.29, 0.717) is 30.8 Å². The monoisotopic (exact) mass is 408 g/mol. The van der Waals surface area contributed by atoms with Crippen molar-refractivity contribution in [3.63, 3.8) is 0 Å². The first kappa shape index (κ1) is 20.7. The fourth-order valence-electron chi connectivity index (χ4n) is 3.67. The van der Waals surface area contributed by atoms with E-state index in [0.717, 1.165) is 0 Å². The lowest BCUT2D eigenvalue weighted by Crippen LogP contribution is -2.41. The van der Waals surface area contributed by atoms with Crippen LogP contribution < -0.4 is 0 Å². The molecule has 1 fully saturated rings. The SMILES string of the molecule is CCOC(=O)C1=CC2(CCC1S(=O)(=O)Cc1ccccc1C(C)=O)OCCO2. The minimum Gasteiger partial charge on any atom is -0.463 e. The van der Waals surface area contributed by atoms with Crippen molar-refractivity contribution in [2.45, 2.75) is 43.5 Å². The van der Waals surface area contributed by atoms with Gasteiger partial charge in [0.15, 0.2) is 21.4 Å². The van der Waals surface area contributed by atoms with E-state index >= 15 is 0 Å². The van der Waals surface area contributed by atoms with E-state index in [1.165, 1.54) is 13.0 Å². The van der Waals surface area contributed by atoms with Crippen molar-refractivity contribution in [3.8, 4) is 0 Å². The maximum absolute atomic E-state index is 13.2. The number of benzene rings is 1. The Hall–Kier alpha value is -2.03. The van der Waals surface area contributed by atoms with Gasteiger partial charge in [0, 0.05) is 12.0 Å². The van der Waals surface area contributed by atoms with E-state index in [1.54, 1.807) is 31.2 Å². The zero-order valence-electron chi connectivity index (χ0n) is 16.0. The molecule has 3 rings (SSSR count). The Bertz CT molecular complexity index is 895. The molecule has 1 unspecified atom stereocenters. The number of Topliss-reactive ketones (excluding diaryl/α,β-unsaturated/α-hetero) is 1. The van der Waals surface area contributed by atoms with E-state index in [9.17, 15) is 18.0 Å². The van der Waals surface area contributed by atoms with E-state index in [1.807, 2.05) is 0 Å². The van der Waals surface area contributed by atoms with E-state index in [2.05, 4.69) is 0 Å². The summed E-state index contributed by atoms with van der Waals surface area (Å²) in [4.78, 5) is 24.3. The first-order valence-corrected chi connectivity index (χ1v) is 11.0. The van der Waals surface area contributed by atoms with Crippen molar-refractivity contribution in [1.82, 2.24) is 0 Å². The largest absolute Gasteiger partial charge is 0.463 e. The molecule has 0 amide bonds. The van der Waals surface area contributed by atoms with Crippen LogP contribution in [0.15, 0.2) is 35.9 Å². The first-order chi connectivity index (χ1) is 13.3. The number of ketones is 1. The van der Waals surface area contributed by atoms with Crippen LogP contribution in [-0.4, -0.2) is 51.0 Å². The van der Waals surface area contributed by atoms with Crippen LogP contribution in [0.25, 0.3) is 0 Å². The average Bonchev–Trinajstić information content (AvgIpc) is 3.09. The molecule has 28 heavy (non-hydrogen) atoms. The van der Waals surface area contributed by atoms with Gasteiger partial charge in [-0.25, -0.2) is 13.2 Å². The molecule has 7 nitrogen and oxygen atoms in total. The van der Waals surface area contributed by atoms with Crippen LogP contribution in [0.2, 0.25) is 0 Å². The lowest BCUT2D eigenvalue weighted by atomic mass is 9.94. The zero-order chi connectivity index (χ0) is 20.4. The maximum Gasteiger partial charge on any atom is 0.335 e. The van der Waals surface area contributed by atoms with Gasteiger partial charge in [-0.2, -0.15) is 0 Å². The normalized spacial score (nSPS) is 21.4. The van der Waals surface area contributed by atoms with Gasteiger partial charge < -0.3 is 14.2 Å². The predicted molar refractivity (Wildman–Crippen MR) is 101 cm³/mol. The summed E-state index contributed by atoms with van der Waals surface area (Å²) >= 11 is 0. The van der Waals surface area contributed by atoms with Crippen LogP contribution in [-0.2, 0) is 34.6 Å². The molecule has 0 N–H and O–H groups in total. The quantitative estimate of drug-likeness (QED) is 0.526. The molecule has 1 heterocycles. The molecular formula is C20H24O7S. The summed E-state index contributed by atoms with van der Waals surface area (Å²) in [5.74, 6) is -2.29. The fraction of sp³-hybridized carbons (Fsp3) is 0.500. The Kier molecular flexibility index (Phi) is 6.02. The smallest absolute Gasteiger partial charge is 0.335 e. The molecule has 1 saturated heterocycles. The molecule has 1 atom stereocenters. The number of hydrogen-bond acceptors (Lipinski definition) is 7. The van der Waals surface area contributed by atoms with Gasteiger partial charge in [-0.15, -0.1) is 0 Å². The summed E-state index contributed by atoms with van der Waals surface area (Å²) in [7, 11) is -3.78. The van der Waals surface area contributed by atoms with Gasteiger partial charge in [-0.3, -0.25) is 4.79 Å². The maximum atomic E-state index is 13.2. The highest BCUT2D eigenvalue weighted by atomic mass is 32.2. The van der Waals surface area contributed by atoms with Crippen molar-refractivity contribution < 1.29 is 32.2 Å². The third-order valence-corrected chi connectivity index (χ3v) is 7.02. The van der Waals surface area contributed by atoms with Crippen LogP contribution >= 0.6 is 0 Å². The number of sulfone groups is 1. The highest BCUT2D eigenvalue weighted by Crippen LogP contribution is 2.38. The van der Waals surface area contributed by atoms with Gasteiger partial charge in [0.25, 0.3) is 0 Å². The van der Waals surface area contributed by atoms with Crippen LogP contribution in [0.5, 0.6) is 0 Å². The van der Waals surface area contributed by atoms with Crippen molar-refractivity contribution in [2.24, 2.45) is 0 Å². The lowest BCUT2D eigenvalue weighted by molar-refractivity contribution is -0.143. The van der Waals surface area contributed by atoms with Gasteiger partial charge in [0.05, 0.1) is 36.4 Å². The number of esters is 1.